The van der Waals surface area contributed by atoms with E-state index in [1.54, 1.807) is 0 Å². The summed E-state index contributed by atoms with van der Waals surface area (Å²) in [6.07, 6.45) is 6.45. The Morgan fingerprint density at radius 3 is 2.29 bits per heavy atom. The number of carboxylic acids is 1. The summed E-state index contributed by atoms with van der Waals surface area (Å²) in [7, 11) is 0. The monoisotopic (exact) mass is 295 g/mol. The Hall–Kier alpha value is -1.06. The zero-order chi connectivity index (χ0) is 15.6. The van der Waals surface area contributed by atoms with Gasteiger partial charge in [0.05, 0.1) is 11.8 Å². The normalized spacial score (nSPS) is 36.0. The van der Waals surface area contributed by atoms with Crippen LogP contribution >= 0.6 is 0 Å². The summed E-state index contributed by atoms with van der Waals surface area (Å²) in [5, 5.41) is 12.5. The molecule has 120 valence electrons. The first kappa shape index (κ1) is 16.3. The van der Waals surface area contributed by atoms with E-state index in [0.717, 1.165) is 25.7 Å². The molecule has 2 saturated carbocycles. The van der Waals surface area contributed by atoms with Gasteiger partial charge in [0.15, 0.2) is 0 Å². The van der Waals surface area contributed by atoms with E-state index in [4.69, 9.17) is 0 Å². The van der Waals surface area contributed by atoms with Gasteiger partial charge in [-0.05, 0) is 43.4 Å². The van der Waals surface area contributed by atoms with Crippen molar-refractivity contribution < 1.29 is 14.7 Å². The third-order valence-electron chi connectivity index (χ3n) is 5.15. The molecule has 2 N–H and O–H groups in total. The first-order chi connectivity index (χ1) is 9.78. The van der Waals surface area contributed by atoms with Crippen LogP contribution in [0.2, 0.25) is 0 Å². The zero-order valence-electron chi connectivity index (χ0n) is 13.5. The van der Waals surface area contributed by atoms with Crippen LogP contribution in [0.15, 0.2) is 0 Å². The van der Waals surface area contributed by atoms with Gasteiger partial charge in [0.25, 0.3) is 0 Å². The number of hydrogen-bond acceptors (Lipinski definition) is 2. The van der Waals surface area contributed by atoms with Crippen LogP contribution in [0.1, 0.15) is 65.7 Å². The first-order valence-electron chi connectivity index (χ1n) is 8.32. The minimum absolute atomic E-state index is 0.0306. The maximum atomic E-state index is 12.5. The molecule has 0 radical (unpaired) electrons. The van der Waals surface area contributed by atoms with Crippen molar-refractivity contribution in [2.24, 2.45) is 23.2 Å². The third kappa shape index (κ3) is 4.21. The first-order valence-corrected chi connectivity index (χ1v) is 8.32. The van der Waals surface area contributed by atoms with Crippen molar-refractivity contribution in [1.82, 2.24) is 5.32 Å². The van der Waals surface area contributed by atoms with Crippen molar-refractivity contribution in [3.8, 4) is 0 Å². The number of carbonyl (C=O) groups excluding carboxylic acids is 1. The lowest BCUT2D eigenvalue weighted by Gasteiger charge is -2.40. The fourth-order valence-corrected chi connectivity index (χ4v) is 4.50. The van der Waals surface area contributed by atoms with Crippen LogP contribution in [0.4, 0.5) is 0 Å². The number of aliphatic carboxylic acids is 1. The Morgan fingerprint density at radius 2 is 1.71 bits per heavy atom. The molecule has 0 aromatic heterocycles. The lowest BCUT2D eigenvalue weighted by molar-refractivity contribution is -0.149. The highest BCUT2D eigenvalue weighted by Crippen LogP contribution is 2.39. The molecule has 0 aromatic rings. The maximum absolute atomic E-state index is 12.5. The highest BCUT2D eigenvalue weighted by Gasteiger charge is 2.38. The lowest BCUT2D eigenvalue weighted by atomic mass is 9.70. The second-order valence-electron chi connectivity index (χ2n) is 7.95. The van der Waals surface area contributed by atoms with Crippen LogP contribution in [0, 0.1) is 23.2 Å². The molecule has 2 rings (SSSR count). The van der Waals surface area contributed by atoms with E-state index in [2.05, 4.69) is 26.1 Å². The van der Waals surface area contributed by atoms with Crippen LogP contribution in [0.3, 0.4) is 0 Å². The molecule has 4 heteroatoms. The molecular weight excluding hydrogens is 266 g/mol. The van der Waals surface area contributed by atoms with Gasteiger partial charge < -0.3 is 10.4 Å². The van der Waals surface area contributed by atoms with Gasteiger partial charge in [-0.15, -0.1) is 0 Å². The molecule has 0 spiro atoms. The minimum atomic E-state index is -0.813. The molecule has 4 atom stereocenters. The molecule has 2 aliphatic rings. The van der Waals surface area contributed by atoms with Gasteiger partial charge in [-0.25, -0.2) is 0 Å². The molecule has 0 unspecified atom stereocenters. The van der Waals surface area contributed by atoms with Crippen LogP contribution in [-0.4, -0.2) is 23.0 Å². The van der Waals surface area contributed by atoms with Gasteiger partial charge in [-0.2, -0.15) is 0 Å². The molecule has 0 bridgehead atoms. The molecule has 2 fully saturated rings. The fourth-order valence-electron chi connectivity index (χ4n) is 4.50. The second-order valence-corrected chi connectivity index (χ2v) is 7.95. The molecule has 0 saturated heterocycles. The smallest absolute Gasteiger partial charge is 0.307 e. The minimum Gasteiger partial charge on any atom is -0.481 e. The SMILES string of the molecule is C[C@H]1C[C@H](NC(=O)[C@@H]2CCCC[C@@H]2C(=O)O)CC(C)(C)C1. The molecule has 4 nitrogen and oxygen atoms in total. The predicted molar refractivity (Wildman–Crippen MR) is 81.8 cm³/mol. The van der Waals surface area contributed by atoms with Crippen molar-refractivity contribution in [3.05, 3.63) is 0 Å². The largest absolute Gasteiger partial charge is 0.481 e. The number of rotatable bonds is 3. The van der Waals surface area contributed by atoms with Gasteiger partial charge in [-0.3, -0.25) is 9.59 Å². The second kappa shape index (κ2) is 6.37. The van der Waals surface area contributed by atoms with Crippen molar-refractivity contribution >= 4 is 11.9 Å². The van der Waals surface area contributed by atoms with E-state index in [1.165, 1.54) is 6.42 Å². The highest BCUT2D eigenvalue weighted by atomic mass is 16.4. The summed E-state index contributed by atoms with van der Waals surface area (Å²) >= 11 is 0. The van der Waals surface area contributed by atoms with E-state index in [-0.39, 0.29) is 23.3 Å². The average Bonchev–Trinajstić information content (AvgIpc) is 2.36. The summed E-state index contributed by atoms with van der Waals surface area (Å²) in [6.45, 7) is 6.74. The fraction of sp³-hybridized carbons (Fsp3) is 0.882. The summed E-state index contributed by atoms with van der Waals surface area (Å²) < 4.78 is 0. The topological polar surface area (TPSA) is 66.4 Å². The summed E-state index contributed by atoms with van der Waals surface area (Å²) in [6, 6.07) is 0.202. The van der Waals surface area contributed by atoms with Gasteiger partial charge in [0.2, 0.25) is 5.91 Å². The standard InChI is InChI=1S/C17H29NO3/c1-11-8-12(10-17(2,3)9-11)18-15(19)13-6-4-5-7-14(13)16(20)21/h11-14H,4-10H2,1-3H3,(H,18,19)(H,20,21)/t11-,12-,13+,14-/m0/s1. The van der Waals surface area contributed by atoms with Crippen molar-refractivity contribution in [3.63, 3.8) is 0 Å². The number of carboxylic acid groups (broad SMARTS) is 1. The summed E-state index contributed by atoms with van der Waals surface area (Å²) in [4.78, 5) is 23.9. The number of carbonyl (C=O) groups is 2. The summed E-state index contributed by atoms with van der Waals surface area (Å²) in [5.74, 6) is -1.06. The van der Waals surface area contributed by atoms with Gasteiger partial charge in [0, 0.05) is 6.04 Å². The van der Waals surface area contributed by atoms with E-state index in [9.17, 15) is 14.7 Å². The van der Waals surface area contributed by atoms with Crippen LogP contribution < -0.4 is 5.32 Å². The van der Waals surface area contributed by atoms with Crippen LogP contribution in [-0.2, 0) is 9.59 Å². The van der Waals surface area contributed by atoms with Crippen molar-refractivity contribution in [2.75, 3.05) is 0 Å². The predicted octanol–water partition coefficient (Wildman–Crippen LogP) is 3.21. The number of amides is 1. The van der Waals surface area contributed by atoms with Crippen LogP contribution in [0.5, 0.6) is 0 Å². The average molecular weight is 295 g/mol. The summed E-state index contributed by atoms with van der Waals surface area (Å²) in [5.41, 5.74) is 0.258. The molecular formula is C17H29NO3. The Labute approximate surface area is 127 Å². The molecule has 0 aliphatic heterocycles. The van der Waals surface area contributed by atoms with Crippen molar-refractivity contribution in [2.45, 2.75) is 71.8 Å². The van der Waals surface area contributed by atoms with Gasteiger partial charge in [0.1, 0.15) is 0 Å². The Bertz CT molecular complexity index is 405. The van der Waals surface area contributed by atoms with Crippen LogP contribution in [0.25, 0.3) is 0 Å². The Balaban J connectivity index is 1.98. The van der Waals surface area contributed by atoms with Crippen molar-refractivity contribution in [1.29, 1.82) is 0 Å². The molecule has 0 heterocycles. The van der Waals surface area contributed by atoms with Gasteiger partial charge >= 0.3 is 5.97 Å². The van der Waals surface area contributed by atoms with Gasteiger partial charge in [-0.1, -0.05) is 33.6 Å². The van der Waals surface area contributed by atoms with E-state index in [1.807, 2.05) is 0 Å². The van der Waals surface area contributed by atoms with E-state index >= 15 is 0 Å². The maximum Gasteiger partial charge on any atom is 0.307 e. The highest BCUT2D eigenvalue weighted by molar-refractivity contribution is 5.85. The third-order valence-corrected chi connectivity index (χ3v) is 5.15. The molecule has 0 aromatic carbocycles. The Morgan fingerprint density at radius 1 is 1.10 bits per heavy atom. The lowest BCUT2D eigenvalue weighted by Crippen LogP contribution is -2.47. The Kier molecular flexibility index (Phi) is 4.95. The zero-order valence-corrected chi connectivity index (χ0v) is 13.5. The number of nitrogens with one attached hydrogen (secondary N) is 1. The quantitative estimate of drug-likeness (QED) is 0.840. The van der Waals surface area contributed by atoms with E-state index < -0.39 is 11.9 Å². The number of hydrogen-bond donors (Lipinski definition) is 2. The molecule has 21 heavy (non-hydrogen) atoms. The molecule has 1 amide bonds. The van der Waals surface area contributed by atoms with E-state index in [0.29, 0.717) is 18.8 Å². The molecule has 2 aliphatic carbocycles.